The van der Waals surface area contributed by atoms with Crippen LogP contribution in [0.15, 0.2) is 55.5 Å². The molecule has 0 saturated carbocycles. The molecule has 0 aliphatic carbocycles. The molecule has 0 radical (unpaired) electrons. The number of hydrogen-bond acceptors (Lipinski definition) is 5. The van der Waals surface area contributed by atoms with E-state index in [9.17, 15) is 9.59 Å². The highest BCUT2D eigenvalue weighted by Gasteiger charge is 2.27. The van der Waals surface area contributed by atoms with E-state index in [4.69, 9.17) is 0 Å². The van der Waals surface area contributed by atoms with Crippen molar-refractivity contribution in [2.75, 3.05) is 19.6 Å². The van der Waals surface area contributed by atoms with Crippen molar-refractivity contribution in [2.45, 2.75) is 19.3 Å². The van der Waals surface area contributed by atoms with Crippen molar-refractivity contribution in [2.24, 2.45) is 5.92 Å². The zero-order valence-electron chi connectivity index (χ0n) is 18.2. The molecule has 5 rings (SSSR count). The van der Waals surface area contributed by atoms with Crippen molar-refractivity contribution in [3.05, 3.63) is 61.2 Å². The monoisotopic (exact) mass is 443 g/mol. The van der Waals surface area contributed by atoms with Gasteiger partial charge in [-0.25, -0.2) is 4.98 Å². The maximum Gasteiger partial charge on any atom is 0.245 e. The van der Waals surface area contributed by atoms with E-state index in [-0.39, 0.29) is 17.7 Å². The van der Waals surface area contributed by atoms with Gasteiger partial charge in [0.05, 0.1) is 17.6 Å². The second-order valence-corrected chi connectivity index (χ2v) is 8.24. The molecular weight excluding hydrogens is 418 g/mol. The van der Waals surface area contributed by atoms with Crippen molar-refractivity contribution in [3.8, 4) is 11.1 Å². The molecule has 9 heteroatoms. The number of carbonyl (C=O) groups excluding carboxylic acids is 2. The summed E-state index contributed by atoms with van der Waals surface area (Å²) in [5.74, 6) is -0.302. The first-order chi connectivity index (χ1) is 16.1. The number of pyridine rings is 1. The van der Waals surface area contributed by atoms with E-state index in [1.807, 2.05) is 24.4 Å². The molecule has 1 aliphatic rings. The maximum absolute atomic E-state index is 12.6. The van der Waals surface area contributed by atoms with Gasteiger partial charge in [-0.3, -0.25) is 9.59 Å². The van der Waals surface area contributed by atoms with Gasteiger partial charge in [-0.1, -0.05) is 6.58 Å². The molecule has 33 heavy (non-hydrogen) atoms. The molecule has 0 bridgehead atoms. The Morgan fingerprint density at radius 3 is 3.03 bits per heavy atom. The Bertz CT molecular complexity index is 1340. The summed E-state index contributed by atoms with van der Waals surface area (Å²) >= 11 is 0. The summed E-state index contributed by atoms with van der Waals surface area (Å²) in [5, 5.41) is 12.6. The molecule has 168 valence electrons. The standard InChI is InChI=1S/C24H25N7O2/c1-2-22(32)30-12-4-5-16(15-30)24(33)26-10-7-17-13-19-18(8-11-25-23(19)29-17)20-14-28-31-21(20)6-3-9-27-31/h2-3,6,8-9,11,13-14,16H,1,4-5,7,10,12,15H2,(H,25,29)(H,26,33)/t16-/m0/s1. The van der Waals surface area contributed by atoms with Gasteiger partial charge >= 0.3 is 0 Å². The minimum Gasteiger partial charge on any atom is -0.355 e. The average molecular weight is 444 g/mol. The third-order valence-corrected chi connectivity index (χ3v) is 6.15. The fraction of sp³-hybridized carbons (Fsp3) is 0.292. The number of amides is 2. The lowest BCUT2D eigenvalue weighted by Gasteiger charge is -2.31. The topological polar surface area (TPSA) is 108 Å². The van der Waals surface area contributed by atoms with Gasteiger partial charge in [0.15, 0.2) is 0 Å². The fourth-order valence-corrected chi connectivity index (χ4v) is 4.48. The van der Waals surface area contributed by atoms with E-state index in [2.05, 4.69) is 38.1 Å². The maximum atomic E-state index is 12.6. The normalized spacial score (nSPS) is 16.2. The number of hydrogen-bond donors (Lipinski definition) is 2. The lowest BCUT2D eigenvalue weighted by Crippen LogP contribution is -2.45. The van der Waals surface area contributed by atoms with Gasteiger partial charge in [0, 0.05) is 55.1 Å². The molecule has 0 unspecified atom stereocenters. The number of H-pyrrole nitrogens is 1. The van der Waals surface area contributed by atoms with Crippen LogP contribution in [0.4, 0.5) is 0 Å². The molecule has 4 aromatic heterocycles. The van der Waals surface area contributed by atoms with Crippen molar-refractivity contribution < 1.29 is 9.59 Å². The molecular formula is C24H25N7O2. The number of aromatic amines is 1. The van der Waals surface area contributed by atoms with E-state index in [0.717, 1.165) is 46.2 Å². The molecule has 0 aromatic carbocycles. The Morgan fingerprint density at radius 1 is 1.24 bits per heavy atom. The van der Waals surface area contributed by atoms with Crippen molar-refractivity contribution >= 4 is 28.4 Å². The predicted octanol–water partition coefficient (Wildman–Crippen LogP) is 2.36. The zero-order valence-corrected chi connectivity index (χ0v) is 18.2. The largest absolute Gasteiger partial charge is 0.355 e. The van der Waals surface area contributed by atoms with E-state index >= 15 is 0 Å². The molecule has 0 spiro atoms. The summed E-state index contributed by atoms with van der Waals surface area (Å²) in [6, 6.07) is 7.93. The Kier molecular flexibility index (Phi) is 5.60. The molecule has 1 fully saturated rings. The minimum absolute atomic E-state index is 0.00894. The smallest absolute Gasteiger partial charge is 0.245 e. The average Bonchev–Trinajstić information content (AvgIpc) is 3.47. The van der Waals surface area contributed by atoms with Crippen LogP contribution < -0.4 is 5.32 Å². The van der Waals surface area contributed by atoms with Gasteiger partial charge in [-0.2, -0.15) is 14.8 Å². The number of fused-ring (bicyclic) bond motifs is 2. The quantitative estimate of drug-likeness (QED) is 0.445. The molecule has 1 atom stereocenters. The van der Waals surface area contributed by atoms with Gasteiger partial charge < -0.3 is 15.2 Å². The van der Waals surface area contributed by atoms with Gasteiger partial charge in [0.25, 0.3) is 0 Å². The van der Waals surface area contributed by atoms with Crippen LogP contribution in [0.2, 0.25) is 0 Å². The molecule has 4 aromatic rings. The Balaban J connectivity index is 1.27. The summed E-state index contributed by atoms with van der Waals surface area (Å²) in [6.07, 6.45) is 8.88. The number of nitrogens with one attached hydrogen (secondary N) is 2. The fourth-order valence-electron chi connectivity index (χ4n) is 4.48. The number of carbonyl (C=O) groups is 2. The lowest BCUT2D eigenvalue weighted by atomic mass is 9.97. The third-order valence-electron chi connectivity index (χ3n) is 6.15. The Morgan fingerprint density at radius 2 is 2.15 bits per heavy atom. The van der Waals surface area contributed by atoms with E-state index in [0.29, 0.717) is 26.1 Å². The van der Waals surface area contributed by atoms with Crippen LogP contribution >= 0.6 is 0 Å². The first kappa shape index (κ1) is 20.9. The number of nitrogens with zero attached hydrogens (tertiary/aromatic N) is 5. The highest BCUT2D eigenvalue weighted by molar-refractivity contribution is 5.97. The number of piperidine rings is 1. The molecule has 1 saturated heterocycles. The Labute approximate surface area is 190 Å². The summed E-state index contributed by atoms with van der Waals surface area (Å²) in [5.41, 5.74) is 4.74. The SMILES string of the molecule is C=CC(=O)N1CCC[C@H](C(=O)NCCc2cc3c(-c4cnn5ncccc45)ccnc3[nH]2)C1. The summed E-state index contributed by atoms with van der Waals surface area (Å²) in [6.45, 7) is 5.18. The highest BCUT2D eigenvalue weighted by atomic mass is 16.2. The number of rotatable bonds is 6. The number of aromatic nitrogens is 5. The summed E-state index contributed by atoms with van der Waals surface area (Å²) in [4.78, 5) is 34.0. The van der Waals surface area contributed by atoms with Crippen LogP contribution in [-0.2, 0) is 16.0 Å². The van der Waals surface area contributed by atoms with E-state index < -0.39 is 0 Å². The minimum atomic E-state index is -0.178. The molecule has 1 aliphatic heterocycles. The van der Waals surface area contributed by atoms with Gasteiger partial charge in [-0.05, 0) is 48.7 Å². The van der Waals surface area contributed by atoms with Crippen molar-refractivity contribution in [3.63, 3.8) is 0 Å². The highest BCUT2D eigenvalue weighted by Crippen LogP contribution is 2.30. The van der Waals surface area contributed by atoms with Crippen LogP contribution in [0.5, 0.6) is 0 Å². The van der Waals surface area contributed by atoms with Crippen LogP contribution in [0.25, 0.3) is 27.7 Å². The Hall–Kier alpha value is -4.01. The van der Waals surface area contributed by atoms with Crippen LogP contribution in [0.3, 0.4) is 0 Å². The van der Waals surface area contributed by atoms with E-state index in [1.54, 1.807) is 21.9 Å². The second-order valence-electron chi connectivity index (χ2n) is 8.24. The third kappa shape index (κ3) is 4.09. The van der Waals surface area contributed by atoms with Gasteiger partial charge in [0.1, 0.15) is 5.65 Å². The zero-order chi connectivity index (χ0) is 22.8. The first-order valence-corrected chi connectivity index (χ1v) is 11.1. The molecule has 2 amide bonds. The molecule has 9 nitrogen and oxygen atoms in total. The number of likely N-dealkylation sites (tertiary alicyclic amines) is 1. The molecule has 2 N–H and O–H groups in total. The van der Waals surface area contributed by atoms with E-state index in [1.165, 1.54) is 6.08 Å². The first-order valence-electron chi connectivity index (χ1n) is 11.1. The molecule has 5 heterocycles. The second kappa shape index (κ2) is 8.85. The van der Waals surface area contributed by atoms with Crippen molar-refractivity contribution in [1.82, 2.24) is 35.0 Å². The van der Waals surface area contributed by atoms with Crippen LogP contribution in [0.1, 0.15) is 18.5 Å². The predicted molar refractivity (Wildman–Crippen MR) is 124 cm³/mol. The van der Waals surface area contributed by atoms with Gasteiger partial charge in [0.2, 0.25) is 11.8 Å². The van der Waals surface area contributed by atoms with Crippen LogP contribution in [-0.4, -0.2) is 61.1 Å². The summed E-state index contributed by atoms with van der Waals surface area (Å²) < 4.78 is 1.61. The summed E-state index contributed by atoms with van der Waals surface area (Å²) in [7, 11) is 0. The van der Waals surface area contributed by atoms with Crippen LogP contribution in [0, 0.1) is 5.92 Å². The van der Waals surface area contributed by atoms with Crippen molar-refractivity contribution in [1.29, 1.82) is 0 Å². The lowest BCUT2D eigenvalue weighted by molar-refractivity contribution is -0.132. The van der Waals surface area contributed by atoms with Gasteiger partial charge in [-0.15, -0.1) is 0 Å².